The molecule has 0 fully saturated rings. The van der Waals surface area contributed by atoms with Crippen molar-refractivity contribution < 1.29 is 0 Å². The Labute approximate surface area is 187 Å². The van der Waals surface area contributed by atoms with Gasteiger partial charge in [-0.15, -0.1) is 0 Å². The normalized spacial score (nSPS) is 12.7. The van der Waals surface area contributed by atoms with Crippen molar-refractivity contribution in [2.24, 2.45) is 4.99 Å². The summed E-state index contributed by atoms with van der Waals surface area (Å²) in [5, 5.41) is 6.88. The van der Waals surface area contributed by atoms with Crippen LogP contribution in [0.5, 0.6) is 0 Å². The second-order valence-corrected chi connectivity index (χ2v) is 7.89. The third kappa shape index (κ3) is 8.97. The quantitative estimate of drug-likeness (QED) is 0.404. The molecule has 0 aliphatic heterocycles. The number of nitrogens with one attached hydrogen (secondary N) is 2. The average molecular weight is 426 g/mol. The summed E-state index contributed by atoms with van der Waals surface area (Å²) in [6, 6.07) is 13.9. The lowest BCUT2D eigenvalue weighted by Gasteiger charge is -2.21. The number of aromatic nitrogens is 1. The van der Waals surface area contributed by atoms with Crippen LogP contribution in [0, 0.1) is 0 Å². The molecule has 2 aromatic rings. The molecule has 0 radical (unpaired) electrons. The summed E-state index contributed by atoms with van der Waals surface area (Å²) < 4.78 is 1.71. The summed E-state index contributed by atoms with van der Waals surface area (Å²) in [6.45, 7) is 14.2. The Kier molecular flexibility index (Phi) is 10.9. The zero-order valence-electron chi connectivity index (χ0n) is 19.6. The van der Waals surface area contributed by atoms with Gasteiger partial charge in [-0.3, -0.25) is 4.79 Å². The van der Waals surface area contributed by atoms with E-state index in [9.17, 15) is 4.79 Å². The van der Waals surface area contributed by atoms with Crippen molar-refractivity contribution in [3.05, 3.63) is 70.1 Å². The molecule has 1 aromatic carbocycles. The molecule has 1 atom stereocenters. The Morgan fingerprint density at radius 2 is 1.77 bits per heavy atom. The minimum atomic E-state index is 0.0174. The molecule has 0 saturated carbocycles. The van der Waals surface area contributed by atoms with E-state index in [0.717, 1.165) is 49.7 Å². The molecule has 1 aromatic heterocycles. The first kappa shape index (κ1) is 24.7. The molecule has 0 aliphatic rings. The van der Waals surface area contributed by atoms with E-state index in [1.165, 1.54) is 6.42 Å². The lowest BCUT2D eigenvalue weighted by atomic mass is 10.1. The van der Waals surface area contributed by atoms with Crippen LogP contribution in [0.4, 0.5) is 0 Å². The fourth-order valence-electron chi connectivity index (χ4n) is 3.49. The first-order chi connectivity index (χ1) is 15.0. The van der Waals surface area contributed by atoms with Gasteiger partial charge in [-0.25, -0.2) is 4.99 Å². The van der Waals surface area contributed by atoms with Crippen molar-refractivity contribution >= 4 is 5.96 Å². The maximum absolute atomic E-state index is 11.9. The van der Waals surface area contributed by atoms with Gasteiger partial charge in [0.25, 0.3) is 5.56 Å². The number of hydrogen-bond acceptors (Lipinski definition) is 3. The van der Waals surface area contributed by atoms with Crippen LogP contribution in [0.2, 0.25) is 0 Å². The standard InChI is InChI=1S/C25H39N5O/c1-5-26-25(28-21(4)11-10-17-29(6-2)7-3)27-19-22-13-15-23(16-14-22)20-30-18-9-8-12-24(30)31/h8-9,12-16,18,21H,5-7,10-11,17,19-20H2,1-4H3,(H2,26,27,28). The minimum Gasteiger partial charge on any atom is -0.357 e. The van der Waals surface area contributed by atoms with Crippen LogP contribution in [-0.2, 0) is 13.1 Å². The summed E-state index contributed by atoms with van der Waals surface area (Å²) in [7, 11) is 0. The van der Waals surface area contributed by atoms with Crippen LogP contribution in [0.1, 0.15) is 51.7 Å². The van der Waals surface area contributed by atoms with Gasteiger partial charge in [-0.1, -0.05) is 44.2 Å². The smallest absolute Gasteiger partial charge is 0.250 e. The van der Waals surface area contributed by atoms with E-state index in [1.54, 1.807) is 16.7 Å². The predicted octanol–water partition coefficient (Wildman–Crippen LogP) is 3.46. The summed E-state index contributed by atoms with van der Waals surface area (Å²) >= 11 is 0. The maximum atomic E-state index is 11.9. The van der Waals surface area contributed by atoms with E-state index >= 15 is 0 Å². The number of nitrogens with zero attached hydrogens (tertiary/aromatic N) is 3. The van der Waals surface area contributed by atoms with Crippen LogP contribution in [0.3, 0.4) is 0 Å². The molecule has 1 heterocycles. The van der Waals surface area contributed by atoms with Gasteiger partial charge in [0.15, 0.2) is 5.96 Å². The van der Waals surface area contributed by atoms with E-state index in [4.69, 9.17) is 4.99 Å². The molecule has 6 heteroatoms. The molecule has 170 valence electrons. The lowest BCUT2D eigenvalue weighted by molar-refractivity contribution is 0.292. The van der Waals surface area contributed by atoms with Crippen molar-refractivity contribution in [3.63, 3.8) is 0 Å². The third-order valence-corrected chi connectivity index (χ3v) is 5.43. The number of benzene rings is 1. The van der Waals surface area contributed by atoms with Crippen LogP contribution in [-0.4, -0.2) is 47.6 Å². The highest BCUT2D eigenvalue weighted by Crippen LogP contribution is 2.07. The summed E-state index contributed by atoms with van der Waals surface area (Å²) in [5.41, 5.74) is 2.27. The molecule has 0 amide bonds. The zero-order valence-corrected chi connectivity index (χ0v) is 19.6. The van der Waals surface area contributed by atoms with E-state index in [0.29, 0.717) is 19.1 Å². The molecule has 0 saturated heterocycles. The third-order valence-electron chi connectivity index (χ3n) is 5.43. The summed E-state index contributed by atoms with van der Waals surface area (Å²) in [6.07, 6.45) is 4.12. The molecule has 1 unspecified atom stereocenters. The Morgan fingerprint density at radius 1 is 1.06 bits per heavy atom. The number of guanidine groups is 1. The predicted molar refractivity (Wildman–Crippen MR) is 131 cm³/mol. The first-order valence-corrected chi connectivity index (χ1v) is 11.6. The highest BCUT2D eigenvalue weighted by Gasteiger charge is 2.07. The van der Waals surface area contributed by atoms with Crippen molar-refractivity contribution in [1.82, 2.24) is 20.1 Å². The SMILES string of the molecule is CCNC(=NCc1ccc(Cn2ccccc2=O)cc1)NC(C)CCCN(CC)CC. The van der Waals surface area contributed by atoms with Gasteiger partial charge in [-0.2, -0.15) is 0 Å². The van der Waals surface area contributed by atoms with Gasteiger partial charge in [0.05, 0.1) is 13.1 Å². The van der Waals surface area contributed by atoms with Crippen molar-refractivity contribution in [2.45, 2.75) is 59.7 Å². The van der Waals surface area contributed by atoms with Crippen LogP contribution in [0.25, 0.3) is 0 Å². The molecule has 0 spiro atoms. The lowest BCUT2D eigenvalue weighted by Crippen LogP contribution is -2.42. The monoisotopic (exact) mass is 425 g/mol. The zero-order chi connectivity index (χ0) is 22.5. The molecule has 0 bridgehead atoms. The van der Waals surface area contributed by atoms with E-state index in [2.05, 4.69) is 67.5 Å². The Balaban J connectivity index is 1.88. The van der Waals surface area contributed by atoms with Gasteiger partial charge in [0, 0.05) is 24.8 Å². The second-order valence-electron chi connectivity index (χ2n) is 7.89. The van der Waals surface area contributed by atoms with Gasteiger partial charge in [0.2, 0.25) is 0 Å². The topological polar surface area (TPSA) is 61.7 Å². The average Bonchev–Trinajstić information content (AvgIpc) is 2.78. The van der Waals surface area contributed by atoms with Crippen LogP contribution >= 0.6 is 0 Å². The van der Waals surface area contributed by atoms with Crippen LogP contribution < -0.4 is 16.2 Å². The fourth-order valence-corrected chi connectivity index (χ4v) is 3.49. The van der Waals surface area contributed by atoms with Gasteiger partial charge in [0.1, 0.15) is 0 Å². The molecule has 6 nitrogen and oxygen atoms in total. The van der Waals surface area contributed by atoms with Crippen LogP contribution in [0.15, 0.2) is 58.4 Å². The molecule has 31 heavy (non-hydrogen) atoms. The van der Waals surface area contributed by atoms with Gasteiger partial charge in [-0.05, 0) is 63.5 Å². The Hall–Kier alpha value is -2.60. The minimum absolute atomic E-state index is 0.0174. The van der Waals surface area contributed by atoms with E-state index < -0.39 is 0 Å². The maximum Gasteiger partial charge on any atom is 0.250 e. The summed E-state index contributed by atoms with van der Waals surface area (Å²) in [5.74, 6) is 0.859. The largest absolute Gasteiger partial charge is 0.357 e. The molecule has 2 rings (SSSR count). The number of hydrogen-bond donors (Lipinski definition) is 2. The van der Waals surface area contributed by atoms with Gasteiger partial charge < -0.3 is 20.1 Å². The number of rotatable bonds is 12. The highest BCUT2D eigenvalue weighted by molar-refractivity contribution is 5.80. The van der Waals surface area contributed by atoms with Crippen molar-refractivity contribution in [2.75, 3.05) is 26.2 Å². The molecule has 0 aliphatic carbocycles. The number of aliphatic imine (C=N–C) groups is 1. The Morgan fingerprint density at radius 3 is 2.42 bits per heavy atom. The summed E-state index contributed by atoms with van der Waals surface area (Å²) in [4.78, 5) is 19.1. The Bertz CT molecular complexity index is 839. The van der Waals surface area contributed by atoms with Gasteiger partial charge >= 0.3 is 0 Å². The number of pyridine rings is 1. The fraction of sp³-hybridized carbons (Fsp3) is 0.520. The van der Waals surface area contributed by atoms with Crippen molar-refractivity contribution in [3.8, 4) is 0 Å². The second kappa shape index (κ2) is 13.7. The van der Waals surface area contributed by atoms with Crippen molar-refractivity contribution in [1.29, 1.82) is 0 Å². The molecular weight excluding hydrogens is 386 g/mol. The van der Waals surface area contributed by atoms with E-state index in [1.807, 2.05) is 12.3 Å². The molecular formula is C25H39N5O. The first-order valence-electron chi connectivity index (χ1n) is 11.6. The highest BCUT2D eigenvalue weighted by atomic mass is 16.1. The molecule has 2 N–H and O–H groups in total. The van der Waals surface area contributed by atoms with E-state index in [-0.39, 0.29) is 5.56 Å².